The van der Waals surface area contributed by atoms with Gasteiger partial charge >= 0.3 is 0 Å². The van der Waals surface area contributed by atoms with E-state index >= 15 is 0 Å². The first kappa shape index (κ1) is 29.1. The number of furan rings is 1. The minimum atomic E-state index is -0.212. The molecule has 0 spiro atoms. The van der Waals surface area contributed by atoms with E-state index in [-0.39, 0.29) is 16.7 Å². The molecule has 3 heterocycles. The fourth-order valence-corrected chi connectivity index (χ4v) is 7.11. The quantitative estimate of drug-likeness (QED) is 0.189. The third-order valence-corrected chi connectivity index (χ3v) is 10.1. The number of aryl methyl sites for hydroxylation is 2. The minimum absolute atomic E-state index is 0.153. The van der Waals surface area contributed by atoms with Gasteiger partial charge in [0.1, 0.15) is 17.9 Å². The van der Waals surface area contributed by atoms with E-state index in [4.69, 9.17) is 4.42 Å². The zero-order valence-electron chi connectivity index (χ0n) is 25.9. The van der Waals surface area contributed by atoms with Crippen LogP contribution in [-0.2, 0) is 30.3 Å². The van der Waals surface area contributed by atoms with Crippen molar-refractivity contribution >= 4 is 33.3 Å². The molecule has 0 radical (unpaired) electrons. The fourth-order valence-electron chi connectivity index (χ4n) is 6.14. The molecule has 1 aliphatic carbocycles. The number of benzene rings is 2. The molecule has 222 valence electrons. The number of rotatable bonds is 8. The lowest BCUT2D eigenvalue weighted by atomic mass is 9.62. The lowest BCUT2D eigenvalue weighted by Gasteiger charge is -2.42. The van der Waals surface area contributed by atoms with E-state index in [0.29, 0.717) is 25.3 Å². The van der Waals surface area contributed by atoms with Gasteiger partial charge in [0.05, 0.1) is 10.2 Å². The largest absolute Gasteiger partial charge is 0.456 e. The van der Waals surface area contributed by atoms with Crippen molar-refractivity contribution in [2.75, 3.05) is 5.32 Å². The van der Waals surface area contributed by atoms with E-state index in [0.717, 1.165) is 38.5 Å². The molecule has 2 aromatic carbocycles. The van der Waals surface area contributed by atoms with Crippen LogP contribution in [0.5, 0.6) is 0 Å². The Morgan fingerprint density at radius 1 is 0.907 bits per heavy atom. The van der Waals surface area contributed by atoms with Gasteiger partial charge in [-0.1, -0.05) is 64.1 Å². The Hall–Kier alpha value is -3.97. The summed E-state index contributed by atoms with van der Waals surface area (Å²) in [5, 5.41) is 8.57. The average molecular weight is 593 g/mol. The van der Waals surface area contributed by atoms with Crippen molar-refractivity contribution < 1.29 is 9.21 Å². The lowest BCUT2D eigenvalue weighted by Crippen LogP contribution is -2.34. The van der Waals surface area contributed by atoms with Crippen LogP contribution in [0.3, 0.4) is 0 Å². The predicted molar refractivity (Wildman–Crippen MR) is 175 cm³/mol. The summed E-state index contributed by atoms with van der Waals surface area (Å²) >= 11 is 1.65. The van der Waals surface area contributed by atoms with Crippen LogP contribution in [0.1, 0.15) is 95.8 Å². The molecule has 43 heavy (non-hydrogen) atoms. The molecule has 1 aliphatic rings. The SMILES string of the molecule is Cc1cc2c(cc1Cc1ccc(C(=O)NCc3cccc(CNc4ncnc5c(C)csc45)c3)o1)C(C)(C)CCC2(C)C. The highest BCUT2D eigenvalue weighted by molar-refractivity contribution is 7.18. The van der Waals surface area contributed by atoms with Gasteiger partial charge in [-0.2, -0.15) is 0 Å². The molecule has 6 rings (SSSR count). The van der Waals surface area contributed by atoms with Crippen LogP contribution in [0.15, 0.2) is 64.7 Å². The first-order valence-electron chi connectivity index (χ1n) is 15.0. The summed E-state index contributed by atoms with van der Waals surface area (Å²) < 4.78 is 7.11. The molecule has 0 fully saturated rings. The first-order valence-corrected chi connectivity index (χ1v) is 15.9. The number of fused-ring (bicyclic) bond motifs is 2. The molecule has 0 atom stereocenters. The van der Waals surface area contributed by atoms with Crippen molar-refractivity contribution in [3.8, 4) is 0 Å². The summed E-state index contributed by atoms with van der Waals surface area (Å²) in [6.45, 7) is 14.7. The van der Waals surface area contributed by atoms with Gasteiger partial charge in [0.15, 0.2) is 5.76 Å². The summed E-state index contributed by atoms with van der Waals surface area (Å²) in [5.41, 5.74) is 10.1. The second-order valence-corrected chi connectivity index (χ2v) is 14.1. The van der Waals surface area contributed by atoms with Gasteiger partial charge in [-0.05, 0) is 94.0 Å². The topological polar surface area (TPSA) is 80.0 Å². The zero-order chi connectivity index (χ0) is 30.4. The Bertz CT molecular complexity index is 1810. The summed E-state index contributed by atoms with van der Waals surface area (Å²) in [4.78, 5) is 21.8. The summed E-state index contributed by atoms with van der Waals surface area (Å²) in [7, 11) is 0. The van der Waals surface area contributed by atoms with Crippen molar-refractivity contribution in [2.24, 2.45) is 0 Å². The number of hydrogen-bond donors (Lipinski definition) is 2. The second-order valence-electron chi connectivity index (χ2n) is 13.2. The number of nitrogens with one attached hydrogen (secondary N) is 2. The molecule has 5 aromatic rings. The van der Waals surface area contributed by atoms with Crippen LogP contribution < -0.4 is 10.6 Å². The Balaban J connectivity index is 1.08. The number of thiophene rings is 1. The van der Waals surface area contributed by atoms with Crippen molar-refractivity contribution in [3.05, 3.63) is 111 Å². The average Bonchev–Trinajstić information content (AvgIpc) is 3.61. The van der Waals surface area contributed by atoms with Gasteiger partial charge in [-0.15, -0.1) is 11.3 Å². The van der Waals surface area contributed by atoms with Crippen LogP contribution in [-0.4, -0.2) is 15.9 Å². The van der Waals surface area contributed by atoms with E-state index in [1.165, 1.54) is 35.1 Å². The smallest absolute Gasteiger partial charge is 0.287 e. The van der Waals surface area contributed by atoms with Crippen LogP contribution >= 0.6 is 11.3 Å². The molecule has 0 bridgehead atoms. The number of aromatic nitrogens is 2. The summed E-state index contributed by atoms with van der Waals surface area (Å²) in [5.74, 6) is 1.77. The Labute approximate surface area is 258 Å². The van der Waals surface area contributed by atoms with Gasteiger partial charge in [-0.25, -0.2) is 9.97 Å². The van der Waals surface area contributed by atoms with Crippen LogP contribution in [0.25, 0.3) is 10.2 Å². The molecule has 0 unspecified atom stereocenters. The van der Waals surface area contributed by atoms with E-state index < -0.39 is 0 Å². The predicted octanol–water partition coefficient (Wildman–Crippen LogP) is 8.38. The molecule has 6 nitrogen and oxygen atoms in total. The van der Waals surface area contributed by atoms with Gasteiger partial charge in [0, 0.05) is 19.5 Å². The highest BCUT2D eigenvalue weighted by Gasteiger charge is 2.37. The molecule has 7 heteroatoms. The second kappa shape index (κ2) is 11.3. The van der Waals surface area contributed by atoms with Gasteiger partial charge in [0.25, 0.3) is 5.91 Å². The highest BCUT2D eigenvalue weighted by Crippen LogP contribution is 2.46. The zero-order valence-corrected chi connectivity index (χ0v) is 26.7. The van der Waals surface area contributed by atoms with E-state index in [9.17, 15) is 4.79 Å². The van der Waals surface area contributed by atoms with Gasteiger partial charge in [-0.3, -0.25) is 4.79 Å². The molecular weight excluding hydrogens is 552 g/mol. The van der Waals surface area contributed by atoms with Crippen LogP contribution in [0.2, 0.25) is 0 Å². The van der Waals surface area contributed by atoms with Crippen LogP contribution in [0.4, 0.5) is 5.82 Å². The Morgan fingerprint density at radius 3 is 2.40 bits per heavy atom. The number of carbonyl (C=O) groups is 1. The van der Waals surface area contributed by atoms with E-state index in [1.54, 1.807) is 23.7 Å². The van der Waals surface area contributed by atoms with E-state index in [1.807, 2.05) is 18.2 Å². The van der Waals surface area contributed by atoms with Gasteiger partial charge in [0.2, 0.25) is 0 Å². The number of carbonyl (C=O) groups excluding carboxylic acids is 1. The fraction of sp³-hybridized carbons (Fsp3) is 0.361. The number of hydrogen-bond acceptors (Lipinski definition) is 6. The minimum Gasteiger partial charge on any atom is -0.456 e. The highest BCUT2D eigenvalue weighted by atomic mass is 32.1. The molecule has 2 N–H and O–H groups in total. The third kappa shape index (κ3) is 5.96. The molecule has 1 amide bonds. The van der Waals surface area contributed by atoms with Crippen molar-refractivity contribution in [3.63, 3.8) is 0 Å². The monoisotopic (exact) mass is 592 g/mol. The third-order valence-electron chi connectivity index (χ3n) is 8.99. The number of nitrogens with zero attached hydrogens (tertiary/aromatic N) is 2. The number of anilines is 1. The first-order chi connectivity index (χ1) is 20.5. The maximum absolute atomic E-state index is 13.0. The number of amides is 1. The maximum atomic E-state index is 13.0. The normalized spacial score (nSPS) is 15.3. The Kier molecular flexibility index (Phi) is 7.63. The Morgan fingerprint density at radius 2 is 1.63 bits per heavy atom. The maximum Gasteiger partial charge on any atom is 0.287 e. The standard InChI is InChI=1S/C36H40N4O2S/c1-22-14-28-29(36(5,6)13-12-35(28,3)4)17-26(22)16-27-10-11-30(42-27)34(41)38-19-25-9-7-8-24(15-25)18-37-33-32-31(39-21-40-33)23(2)20-43-32/h7-11,14-15,17,20-21H,12-13,16,18-19H2,1-6H3,(H,38,41)(H,37,39,40). The molecule has 0 saturated heterocycles. The molecular formula is C36H40N4O2S. The van der Waals surface area contributed by atoms with E-state index in [2.05, 4.69) is 91.8 Å². The molecule has 3 aromatic heterocycles. The molecule has 0 aliphatic heterocycles. The van der Waals surface area contributed by atoms with Crippen LogP contribution in [0, 0.1) is 13.8 Å². The molecule has 0 saturated carbocycles. The lowest BCUT2D eigenvalue weighted by molar-refractivity contribution is 0.0921. The summed E-state index contributed by atoms with van der Waals surface area (Å²) in [6, 6.07) is 16.7. The van der Waals surface area contributed by atoms with Crippen molar-refractivity contribution in [1.82, 2.24) is 15.3 Å². The van der Waals surface area contributed by atoms with Crippen molar-refractivity contribution in [1.29, 1.82) is 0 Å². The van der Waals surface area contributed by atoms with Crippen molar-refractivity contribution in [2.45, 2.75) is 84.7 Å². The summed E-state index contributed by atoms with van der Waals surface area (Å²) in [6.07, 6.45) is 4.65. The van der Waals surface area contributed by atoms with Gasteiger partial charge < -0.3 is 15.1 Å².